The highest BCUT2D eigenvalue weighted by molar-refractivity contribution is 5.79. The number of benzene rings is 1. The fraction of sp³-hybridized carbons (Fsp3) is 0.562. The van der Waals surface area contributed by atoms with Gasteiger partial charge in [-0.05, 0) is 45.8 Å². The van der Waals surface area contributed by atoms with Crippen molar-refractivity contribution in [2.75, 3.05) is 20.2 Å². The largest absolute Gasteiger partial charge is 0.496 e. The van der Waals surface area contributed by atoms with Crippen LogP contribution in [0.5, 0.6) is 5.75 Å². The molecule has 110 valence electrons. The lowest BCUT2D eigenvalue weighted by Gasteiger charge is -2.31. The van der Waals surface area contributed by atoms with Gasteiger partial charge in [-0.25, -0.2) is 0 Å². The summed E-state index contributed by atoms with van der Waals surface area (Å²) in [5.41, 5.74) is 0.568. The summed E-state index contributed by atoms with van der Waals surface area (Å²) in [5.74, 6) is 1.07. The van der Waals surface area contributed by atoms with E-state index in [1.807, 2.05) is 38.1 Å². The molecule has 2 rings (SSSR count). The van der Waals surface area contributed by atoms with Crippen molar-refractivity contribution in [1.29, 1.82) is 0 Å². The minimum atomic E-state index is -0.436. The molecule has 4 nitrogen and oxygen atoms in total. The summed E-state index contributed by atoms with van der Waals surface area (Å²) >= 11 is 0. The van der Waals surface area contributed by atoms with E-state index in [0.29, 0.717) is 0 Å². The van der Waals surface area contributed by atoms with Gasteiger partial charge in [0.2, 0.25) is 5.91 Å². The molecule has 1 aliphatic heterocycles. The molecule has 1 aromatic carbocycles. The highest BCUT2D eigenvalue weighted by Gasteiger charge is 2.29. The summed E-state index contributed by atoms with van der Waals surface area (Å²) in [5, 5.41) is 6.45. The van der Waals surface area contributed by atoms with Crippen LogP contribution in [0, 0.1) is 5.92 Å². The van der Waals surface area contributed by atoms with Crippen LogP contribution in [0.1, 0.15) is 32.3 Å². The van der Waals surface area contributed by atoms with Crippen molar-refractivity contribution in [2.45, 2.75) is 32.2 Å². The molecule has 2 N–H and O–H groups in total. The third-order valence-corrected chi connectivity index (χ3v) is 3.93. The van der Waals surface area contributed by atoms with Crippen molar-refractivity contribution in [3.63, 3.8) is 0 Å². The number of rotatable bonds is 4. The Morgan fingerprint density at radius 2 is 1.95 bits per heavy atom. The molecular formula is C16H24N2O2. The van der Waals surface area contributed by atoms with Crippen molar-refractivity contribution < 1.29 is 9.53 Å². The summed E-state index contributed by atoms with van der Waals surface area (Å²) in [6, 6.07) is 7.83. The molecule has 1 heterocycles. The number of hydrogen-bond donors (Lipinski definition) is 2. The molecule has 1 aromatic rings. The van der Waals surface area contributed by atoms with E-state index in [2.05, 4.69) is 10.6 Å². The molecule has 1 fully saturated rings. The van der Waals surface area contributed by atoms with Gasteiger partial charge in [0, 0.05) is 11.5 Å². The van der Waals surface area contributed by atoms with Crippen molar-refractivity contribution in [2.24, 2.45) is 5.92 Å². The van der Waals surface area contributed by atoms with Gasteiger partial charge >= 0.3 is 0 Å². The van der Waals surface area contributed by atoms with Crippen LogP contribution in [0.25, 0.3) is 0 Å². The Morgan fingerprint density at radius 1 is 1.30 bits per heavy atom. The number of amides is 1. The van der Waals surface area contributed by atoms with E-state index in [4.69, 9.17) is 4.74 Å². The minimum Gasteiger partial charge on any atom is -0.496 e. The van der Waals surface area contributed by atoms with E-state index in [1.54, 1.807) is 7.11 Å². The van der Waals surface area contributed by atoms with Crippen molar-refractivity contribution in [3.8, 4) is 5.75 Å². The fourth-order valence-electron chi connectivity index (χ4n) is 2.72. The lowest BCUT2D eigenvalue weighted by molar-refractivity contribution is -0.127. The third kappa shape index (κ3) is 3.31. The third-order valence-electron chi connectivity index (χ3n) is 3.93. The summed E-state index contributed by atoms with van der Waals surface area (Å²) in [6.45, 7) is 5.88. The van der Waals surface area contributed by atoms with Crippen LogP contribution in [0.15, 0.2) is 24.3 Å². The van der Waals surface area contributed by atoms with Crippen molar-refractivity contribution in [1.82, 2.24) is 10.6 Å². The molecule has 20 heavy (non-hydrogen) atoms. The molecule has 0 spiro atoms. The number of carbonyl (C=O) groups is 1. The molecule has 4 heteroatoms. The number of piperidine rings is 1. The molecule has 0 aromatic heterocycles. The van der Waals surface area contributed by atoms with Gasteiger partial charge in [-0.15, -0.1) is 0 Å². The molecule has 0 aliphatic carbocycles. The monoisotopic (exact) mass is 276 g/mol. The zero-order chi connectivity index (χ0) is 14.6. The van der Waals surface area contributed by atoms with Gasteiger partial charge in [-0.1, -0.05) is 18.2 Å². The number of carbonyl (C=O) groups excluding carboxylic acids is 1. The van der Waals surface area contributed by atoms with Crippen LogP contribution in [-0.4, -0.2) is 26.1 Å². The fourth-order valence-corrected chi connectivity index (χ4v) is 2.72. The maximum Gasteiger partial charge on any atom is 0.223 e. The van der Waals surface area contributed by atoms with Gasteiger partial charge < -0.3 is 15.4 Å². The van der Waals surface area contributed by atoms with E-state index >= 15 is 0 Å². The average Bonchev–Trinajstić information content (AvgIpc) is 2.47. The van der Waals surface area contributed by atoms with Crippen LogP contribution < -0.4 is 15.4 Å². The minimum absolute atomic E-state index is 0.116. The smallest absolute Gasteiger partial charge is 0.223 e. The first kappa shape index (κ1) is 14.9. The quantitative estimate of drug-likeness (QED) is 0.885. The van der Waals surface area contributed by atoms with E-state index in [9.17, 15) is 4.79 Å². The predicted molar refractivity (Wildman–Crippen MR) is 79.8 cm³/mol. The first-order valence-corrected chi connectivity index (χ1v) is 7.21. The van der Waals surface area contributed by atoms with Gasteiger partial charge in [0.05, 0.1) is 12.6 Å². The van der Waals surface area contributed by atoms with Crippen LogP contribution in [0.2, 0.25) is 0 Å². The van der Waals surface area contributed by atoms with Gasteiger partial charge in [0.25, 0.3) is 0 Å². The summed E-state index contributed by atoms with van der Waals surface area (Å²) in [7, 11) is 1.66. The topological polar surface area (TPSA) is 50.4 Å². The zero-order valence-electron chi connectivity index (χ0n) is 12.5. The molecule has 0 bridgehead atoms. The second-order valence-corrected chi connectivity index (χ2v) is 5.84. The van der Waals surface area contributed by atoms with E-state index in [1.165, 1.54) is 0 Å². The molecule has 0 radical (unpaired) electrons. The van der Waals surface area contributed by atoms with Crippen molar-refractivity contribution in [3.05, 3.63) is 29.8 Å². The van der Waals surface area contributed by atoms with E-state index in [0.717, 1.165) is 37.2 Å². The number of methoxy groups -OCH3 is 1. The van der Waals surface area contributed by atoms with Crippen LogP contribution >= 0.6 is 0 Å². The second kappa shape index (κ2) is 6.27. The lowest BCUT2D eigenvalue weighted by Crippen LogP contribution is -2.46. The molecule has 1 amide bonds. The number of hydrogen-bond acceptors (Lipinski definition) is 3. The average molecular weight is 276 g/mol. The molecule has 0 atom stereocenters. The van der Waals surface area contributed by atoms with E-state index in [-0.39, 0.29) is 11.8 Å². The Morgan fingerprint density at radius 3 is 2.60 bits per heavy atom. The Kier molecular flexibility index (Phi) is 4.65. The van der Waals surface area contributed by atoms with Gasteiger partial charge in [0.1, 0.15) is 5.75 Å². The Balaban J connectivity index is 2.11. The SMILES string of the molecule is COc1ccccc1C(C)(C)NC(=O)C1CCNCC1. The maximum absolute atomic E-state index is 12.4. The lowest BCUT2D eigenvalue weighted by atomic mass is 9.90. The Hall–Kier alpha value is -1.55. The van der Waals surface area contributed by atoms with E-state index < -0.39 is 5.54 Å². The highest BCUT2D eigenvalue weighted by Crippen LogP contribution is 2.30. The van der Waals surface area contributed by atoms with Crippen molar-refractivity contribution >= 4 is 5.91 Å². The van der Waals surface area contributed by atoms with Gasteiger partial charge in [0.15, 0.2) is 0 Å². The first-order chi connectivity index (χ1) is 9.54. The number of nitrogens with one attached hydrogen (secondary N) is 2. The summed E-state index contributed by atoms with van der Waals surface area (Å²) < 4.78 is 5.40. The van der Waals surface area contributed by atoms with Crippen LogP contribution in [0.4, 0.5) is 0 Å². The first-order valence-electron chi connectivity index (χ1n) is 7.21. The van der Waals surface area contributed by atoms with Gasteiger partial charge in [-0.3, -0.25) is 4.79 Å². The highest BCUT2D eigenvalue weighted by atomic mass is 16.5. The molecule has 1 aliphatic rings. The molecular weight excluding hydrogens is 252 g/mol. The second-order valence-electron chi connectivity index (χ2n) is 5.84. The standard InChI is InChI=1S/C16H24N2O2/c1-16(2,13-6-4-5-7-14(13)20-3)18-15(19)12-8-10-17-11-9-12/h4-7,12,17H,8-11H2,1-3H3,(H,18,19). The number of ether oxygens (including phenoxy) is 1. The normalized spacial score (nSPS) is 16.8. The Labute approximate surface area is 120 Å². The zero-order valence-corrected chi connectivity index (χ0v) is 12.5. The van der Waals surface area contributed by atoms with Gasteiger partial charge in [-0.2, -0.15) is 0 Å². The summed E-state index contributed by atoms with van der Waals surface area (Å²) in [6.07, 6.45) is 1.82. The van der Waals surface area contributed by atoms with Crippen LogP contribution in [-0.2, 0) is 10.3 Å². The Bertz CT molecular complexity index is 465. The molecule has 1 saturated heterocycles. The number of para-hydroxylation sites is 1. The maximum atomic E-state index is 12.4. The molecule has 0 unspecified atom stereocenters. The molecule has 0 saturated carbocycles. The summed E-state index contributed by atoms with van der Waals surface area (Å²) in [4.78, 5) is 12.4. The predicted octanol–water partition coefficient (Wildman–Crippen LogP) is 2.05. The van der Waals surface area contributed by atoms with Crippen LogP contribution in [0.3, 0.4) is 0 Å².